The van der Waals surface area contributed by atoms with E-state index in [1.54, 1.807) is 6.07 Å². The van der Waals surface area contributed by atoms with E-state index in [1.165, 1.54) is 19.1 Å². The number of halogens is 1. The van der Waals surface area contributed by atoms with Gasteiger partial charge >= 0.3 is 5.97 Å². The first-order valence-corrected chi connectivity index (χ1v) is 4.70. The number of nitrogens with two attached hydrogens (primary N) is 1. The van der Waals surface area contributed by atoms with Crippen LogP contribution in [0.1, 0.15) is 12.5 Å². The Kier molecular flexibility index (Phi) is 3.21. The third-order valence-electron chi connectivity index (χ3n) is 2.07. The zero-order chi connectivity index (χ0) is 11.6. The van der Waals surface area contributed by atoms with E-state index in [0.29, 0.717) is 5.56 Å². The SMILES string of the molecule is CC(N)(Cc1ccc(Cl)c(O)c1)C(=O)O. The second-order valence-electron chi connectivity index (χ2n) is 3.69. The van der Waals surface area contributed by atoms with Gasteiger partial charge in [-0.05, 0) is 24.6 Å². The number of aliphatic carboxylic acids is 1. The molecule has 1 rings (SSSR count). The molecule has 0 aliphatic heterocycles. The Morgan fingerprint density at radius 2 is 2.20 bits per heavy atom. The summed E-state index contributed by atoms with van der Waals surface area (Å²) in [5.74, 6) is -1.16. The summed E-state index contributed by atoms with van der Waals surface area (Å²) >= 11 is 5.62. The number of phenols is 1. The molecule has 0 aliphatic rings. The molecule has 0 aliphatic carbocycles. The smallest absolute Gasteiger partial charge is 0.323 e. The number of carboxylic acid groups (broad SMARTS) is 1. The van der Waals surface area contributed by atoms with Gasteiger partial charge in [0.1, 0.15) is 11.3 Å². The fourth-order valence-electron chi connectivity index (χ4n) is 1.17. The Hall–Kier alpha value is -1.26. The maximum atomic E-state index is 10.8. The van der Waals surface area contributed by atoms with Crippen LogP contribution in [0.25, 0.3) is 0 Å². The highest BCUT2D eigenvalue weighted by atomic mass is 35.5. The lowest BCUT2D eigenvalue weighted by Crippen LogP contribution is -2.46. The Morgan fingerprint density at radius 3 is 2.67 bits per heavy atom. The first kappa shape index (κ1) is 11.8. The molecule has 0 spiro atoms. The van der Waals surface area contributed by atoms with E-state index in [-0.39, 0.29) is 17.2 Å². The van der Waals surface area contributed by atoms with Gasteiger partial charge < -0.3 is 15.9 Å². The van der Waals surface area contributed by atoms with E-state index < -0.39 is 11.5 Å². The summed E-state index contributed by atoms with van der Waals surface area (Å²) in [6, 6.07) is 4.55. The highest BCUT2D eigenvalue weighted by molar-refractivity contribution is 6.32. The number of aromatic hydroxyl groups is 1. The normalized spacial score (nSPS) is 14.6. The van der Waals surface area contributed by atoms with Crippen molar-refractivity contribution in [2.24, 2.45) is 5.73 Å². The van der Waals surface area contributed by atoms with Crippen LogP contribution in [-0.4, -0.2) is 21.7 Å². The van der Waals surface area contributed by atoms with Crippen molar-refractivity contribution < 1.29 is 15.0 Å². The van der Waals surface area contributed by atoms with E-state index >= 15 is 0 Å². The number of benzene rings is 1. The minimum atomic E-state index is -1.35. The van der Waals surface area contributed by atoms with Crippen molar-refractivity contribution >= 4 is 17.6 Å². The van der Waals surface area contributed by atoms with Crippen molar-refractivity contribution in [1.29, 1.82) is 0 Å². The monoisotopic (exact) mass is 229 g/mol. The van der Waals surface area contributed by atoms with Gasteiger partial charge in [0.15, 0.2) is 0 Å². The minimum absolute atomic E-state index is 0.0737. The fraction of sp³-hybridized carbons (Fsp3) is 0.300. The second-order valence-corrected chi connectivity index (χ2v) is 4.09. The van der Waals surface area contributed by atoms with Crippen molar-refractivity contribution in [2.45, 2.75) is 18.9 Å². The van der Waals surface area contributed by atoms with Gasteiger partial charge in [-0.15, -0.1) is 0 Å². The predicted octanol–water partition coefficient (Wildman–Crippen LogP) is 1.39. The van der Waals surface area contributed by atoms with Crippen LogP contribution in [-0.2, 0) is 11.2 Å². The quantitative estimate of drug-likeness (QED) is 0.731. The topological polar surface area (TPSA) is 83.5 Å². The molecular weight excluding hydrogens is 218 g/mol. The van der Waals surface area contributed by atoms with Crippen molar-refractivity contribution in [3.05, 3.63) is 28.8 Å². The summed E-state index contributed by atoms with van der Waals surface area (Å²) in [6.07, 6.45) is 0.132. The summed E-state index contributed by atoms with van der Waals surface area (Å²) in [7, 11) is 0. The molecule has 4 N–H and O–H groups in total. The van der Waals surface area contributed by atoms with Crippen LogP contribution in [0, 0.1) is 0 Å². The molecule has 0 bridgehead atoms. The molecule has 0 amide bonds. The molecule has 82 valence electrons. The number of rotatable bonds is 3. The molecule has 1 aromatic carbocycles. The van der Waals surface area contributed by atoms with Gasteiger partial charge in [0.05, 0.1) is 5.02 Å². The van der Waals surface area contributed by atoms with Crippen LogP contribution in [0.3, 0.4) is 0 Å². The predicted molar refractivity (Wildman–Crippen MR) is 57.0 cm³/mol. The number of hydrogen-bond donors (Lipinski definition) is 3. The summed E-state index contributed by atoms with van der Waals surface area (Å²) in [4.78, 5) is 10.8. The number of hydrogen-bond acceptors (Lipinski definition) is 3. The zero-order valence-electron chi connectivity index (χ0n) is 8.20. The highest BCUT2D eigenvalue weighted by Gasteiger charge is 2.28. The van der Waals surface area contributed by atoms with Gasteiger partial charge in [0.2, 0.25) is 0 Å². The second kappa shape index (κ2) is 4.08. The third-order valence-corrected chi connectivity index (χ3v) is 2.39. The molecule has 4 nitrogen and oxygen atoms in total. The lowest BCUT2D eigenvalue weighted by Gasteiger charge is -2.19. The third kappa shape index (κ3) is 2.84. The molecule has 0 heterocycles. The highest BCUT2D eigenvalue weighted by Crippen LogP contribution is 2.25. The lowest BCUT2D eigenvalue weighted by atomic mass is 9.94. The molecular formula is C10H12ClNO3. The van der Waals surface area contributed by atoms with Crippen LogP contribution in [0.15, 0.2) is 18.2 Å². The molecule has 0 aromatic heterocycles. The van der Waals surface area contributed by atoms with Gasteiger partial charge in [-0.2, -0.15) is 0 Å². The van der Waals surface area contributed by atoms with Crippen LogP contribution in [0.5, 0.6) is 5.75 Å². The molecule has 15 heavy (non-hydrogen) atoms. The van der Waals surface area contributed by atoms with Crippen LogP contribution < -0.4 is 5.73 Å². The van der Waals surface area contributed by atoms with Crippen LogP contribution >= 0.6 is 11.6 Å². The first-order valence-electron chi connectivity index (χ1n) is 4.32. The van der Waals surface area contributed by atoms with E-state index in [9.17, 15) is 9.90 Å². The number of carbonyl (C=O) groups is 1. The van der Waals surface area contributed by atoms with Gasteiger partial charge in [-0.25, -0.2) is 0 Å². The average molecular weight is 230 g/mol. The fourth-order valence-corrected chi connectivity index (χ4v) is 1.29. The minimum Gasteiger partial charge on any atom is -0.506 e. The molecule has 0 fully saturated rings. The van der Waals surface area contributed by atoms with Crippen molar-refractivity contribution in [3.8, 4) is 5.75 Å². The summed E-state index contributed by atoms with van der Waals surface area (Å²) < 4.78 is 0. The Morgan fingerprint density at radius 1 is 1.60 bits per heavy atom. The maximum absolute atomic E-state index is 10.8. The number of carboxylic acids is 1. The van der Waals surface area contributed by atoms with E-state index in [4.69, 9.17) is 22.4 Å². The van der Waals surface area contributed by atoms with Crippen molar-refractivity contribution in [2.75, 3.05) is 0 Å². The van der Waals surface area contributed by atoms with E-state index in [2.05, 4.69) is 0 Å². The van der Waals surface area contributed by atoms with Gasteiger partial charge in [-0.3, -0.25) is 4.79 Å². The summed E-state index contributed by atoms with van der Waals surface area (Å²) in [5, 5.41) is 18.4. The largest absolute Gasteiger partial charge is 0.506 e. The molecule has 0 saturated heterocycles. The van der Waals surface area contributed by atoms with Gasteiger partial charge in [0.25, 0.3) is 0 Å². The molecule has 5 heteroatoms. The van der Waals surface area contributed by atoms with Crippen molar-refractivity contribution in [3.63, 3.8) is 0 Å². The zero-order valence-corrected chi connectivity index (χ0v) is 8.95. The average Bonchev–Trinajstić information content (AvgIpc) is 2.10. The van der Waals surface area contributed by atoms with Crippen molar-refractivity contribution in [1.82, 2.24) is 0 Å². The first-order chi connectivity index (χ1) is 6.83. The molecule has 1 aromatic rings. The standard InChI is InChI=1S/C10H12ClNO3/c1-10(12,9(14)15)5-6-2-3-7(11)8(13)4-6/h2-4,13H,5,12H2,1H3,(H,14,15). The summed E-state index contributed by atoms with van der Waals surface area (Å²) in [5.41, 5.74) is 4.85. The van der Waals surface area contributed by atoms with E-state index in [1.807, 2.05) is 0 Å². The van der Waals surface area contributed by atoms with Gasteiger partial charge in [0, 0.05) is 6.42 Å². The van der Waals surface area contributed by atoms with Gasteiger partial charge in [-0.1, -0.05) is 17.7 Å². The Balaban J connectivity index is 2.91. The Labute approximate surface area is 92.3 Å². The molecule has 1 atom stereocenters. The van der Waals surface area contributed by atoms with E-state index in [0.717, 1.165) is 0 Å². The number of phenolic OH excluding ortho intramolecular Hbond substituents is 1. The maximum Gasteiger partial charge on any atom is 0.323 e. The lowest BCUT2D eigenvalue weighted by molar-refractivity contribution is -0.142. The van der Waals surface area contributed by atoms with Crippen LogP contribution in [0.2, 0.25) is 5.02 Å². The summed E-state index contributed by atoms with van der Waals surface area (Å²) in [6.45, 7) is 1.42. The molecule has 0 radical (unpaired) electrons. The molecule has 0 saturated carbocycles. The Bertz CT molecular complexity index is 390. The molecule has 1 unspecified atom stereocenters. The van der Waals surface area contributed by atoms with Crippen LogP contribution in [0.4, 0.5) is 0 Å².